The highest BCUT2D eigenvalue weighted by Gasteiger charge is 2.09. The third-order valence-corrected chi connectivity index (χ3v) is 3.25. The van der Waals surface area contributed by atoms with Crippen LogP contribution in [-0.4, -0.2) is 13.7 Å². The summed E-state index contributed by atoms with van der Waals surface area (Å²) < 4.78 is 26.2. The van der Waals surface area contributed by atoms with Gasteiger partial charge in [0.15, 0.2) is 0 Å². The first-order chi connectivity index (χ1) is 9.25. The SMILES string of the molecule is O=S([O-])Oc1ccc(-c2ccc[nH]2)c2ccccc12. The zero-order valence-corrected chi connectivity index (χ0v) is 10.6. The highest BCUT2D eigenvalue weighted by atomic mass is 32.2. The summed E-state index contributed by atoms with van der Waals surface area (Å²) >= 11 is -2.57. The lowest BCUT2D eigenvalue weighted by Crippen LogP contribution is -1.98. The van der Waals surface area contributed by atoms with Crippen LogP contribution in [0, 0.1) is 0 Å². The highest BCUT2D eigenvalue weighted by molar-refractivity contribution is 7.74. The lowest BCUT2D eigenvalue weighted by Gasteiger charge is -2.12. The van der Waals surface area contributed by atoms with Gasteiger partial charge in [-0.3, -0.25) is 0 Å². The Hall–Kier alpha value is -2.11. The van der Waals surface area contributed by atoms with Gasteiger partial charge in [0.05, 0.1) is 0 Å². The normalized spacial score (nSPS) is 12.5. The van der Waals surface area contributed by atoms with E-state index >= 15 is 0 Å². The molecule has 1 unspecified atom stereocenters. The molecule has 3 rings (SSSR count). The molecule has 0 aliphatic rings. The Balaban J connectivity index is 2.25. The van der Waals surface area contributed by atoms with Gasteiger partial charge in [0.25, 0.3) is 0 Å². The van der Waals surface area contributed by atoms with Crippen molar-refractivity contribution in [3.63, 3.8) is 0 Å². The molecule has 4 nitrogen and oxygen atoms in total. The van der Waals surface area contributed by atoms with Crippen molar-refractivity contribution in [2.45, 2.75) is 0 Å². The van der Waals surface area contributed by atoms with E-state index in [0.717, 1.165) is 22.0 Å². The number of H-pyrrole nitrogens is 1. The Morgan fingerprint density at radius 3 is 2.47 bits per heavy atom. The van der Waals surface area contributed by atoms with Gasteiger partial charge in [0.1, 0.15) is 17.1 Å². The van der Waals surface area contributed by atoms with Crippen molar-refractivity contribution in [2.75, 3.05) is 0 Å². The Bertz CT molecular complexity index is 738. The van der Waals surface area contributed by atoms with Crippen molar-refractivity contribution in [1.29, 1.82) is 0 Å². The second-order valence-electron chi connectivity index (χ2n) is 4.03. The summed E-state index contributed by atoms with van der Waals surface area (Å²) in [4.78, 5) is 3.14. The topological polar surface area (TPSA) is 65.2 Å². The maximum Gasteiger partial charge on any atom is 0.147 e. The molecule has 2 aromatic carbocycles. The minimum absolute atomic E-state index is 0.333. The van der Waals surface area contributed by atoms with Gasteiger partial charge in [0, 0.05) is 22.8 Å². The molecule has 1 N–H and O–H groups in total. The molecule has 19 heavy (non-hydrogen) atoms. The molecule has 1 heterocycles. The minimum atomic E-state index is -2.57. The molecule has 0 saturated heterocycles. The van der Waals surface area contributed by atoms with Crippen molar-refractivity contribution in [2.24, 2.45) is 0 Å². The van der Waals surface area contributed by atoms with Gasteiger partial charge in [-0.2, -0.15) is 0 Å². The first-order valence-electron chi connectivity index (χ1n) is 5.69. The second kappa shape index (κ2) is 4.87. The maximum absolute atomic E-state index is 10.7. The van der Waals surface area contributed by atoms with Crippen LogP contribution in [0.3, 0.4) is 0 Å². The quantitative estimate of drug-likeness (QED) is 0.745. The molecule has 0 aliphatic carbocycles. The van der Waals surface area contributed by atoms with Crippen LogP contribution in [0.5, 0.6) is 5.75 Å². The zero-order valence-electron chi connectivity index (χ0n) is 9.83. The lowest BCUT2D eigenvalue weighted by atomic mass is 10.0. The van der Waals surface area contributed by atoms with E-state index in [4.69, 9.17) is 4.18 Å². The van der Waals surface area contributed by atoms with Gasteiger partial charge < -0.3 is 13.7 Å². The third kappa shape index (κ3) is 2.25. The average Bonchev–Trinajstić information content (AvgIpc) is 2.92. The van der Waals surface area contributed by atoms with E-state index in [1.807, 2.05) is 48.7 Å². The summed E-state index contributed by atoms with van der Waals surface area (Å²) in [5, 5.41) is 1.70. The number of aromatic amines is 1. The smallest absolute Gasteiger partial charge is 0.147 e. The first kappa shape index (κ1) is 12.0. The molecular formula is C14H10NO3S-. The van der Waals surface area contributed by atoms with E-state index in [2.05, 4.69) is 4.98 Å². The van der Waals surface area contributed by atoms with Crippen molar-refractivity contribution in [1.82, 2.24) is 4.98 Å². The summed E-state index contributed by atoms with van der Waals surface area (Å²) in [5.74, 6) is 0.333. The van der Waals surface area contributed by atoms with Crippen LogP contribution in [0.25, 0.3) is 22.0 Å². The minimum Gasteiger partial charge on any atom is -0.740 e. The second-order valence-corrected chi connectivity index (χ2v) is 4.60. The molecule has 1 aromatic heterocycles. The van der Waals surface area contributed by atoms with Gasteiger partial charge in [-0.1, -0.05) is 24.3 Å². The number of hydrogen-bond acceptors (Lipinski definition) is 3. The number of rotatable bonds is 3. The van der Waals surface area contributed by atoms with Gasteiger partial charge >= 0.3 is 0 Å². The van der Waals surface area contributed by atoms with Gasteiger partial charge in [-0.05, 0) is 29.7 Å². The predicted molar refractivity (Wildman–Crippen MR) is 73.3 cm³/mol. The fourth-order valence-corrected chi connectivity index (χ4v) is 2.44. The summed E-state index contributed by atoms with van der Waals surface area (Å²) in [6.45, 7) is 0. The van der Waals surface area contributed by atoms with Crippen LogP contribution >= 0.6 is 0 Å². The number of aromatic nitrogens is 1. The van der Waals surface area contributed by atoms with Gasteiger partial charge in [-0.25, -0.2) is 4.21 Å². The van der Waals surface area contributed by atoms with E-state index in [-0.39, 0.29) is 0 Å². The molecular weight excluding hydrogens is 262 g/mol. The standard InChI is InChI=1S/C14H11NO3S/c16-19(17)18-14-8-7-11(13-6-3-9-15-13)10-4-1-2-5-12(10)14/h1-9,15H,(H,16,17)/p-1. The molecule has 3 aromatic rings. The van der Waals surface area contributed by atoms with Crippen molar-refractivity contribution < 1.29 is 12.9 Å². The van der Waals surface area contributed by atoms with Crippen LogP contribution in [-0.2, 0) is 11.4 Å². The Morgan fingerprint density at radius 2 is 1.79 bits per heavy atom. The molecule has 0 aliphatic heterocycles. The zero-order chi connectivity index (χ0) is 13.2. The summed E-state index contributed by atoms with van der Waals surface area (Å²) in [6, 6.07) is 14.9. The third-order valence-electron chi connectivity index (χ3n) is 2.93. The van der Waals surface area contributed by atoms with Crippen molar-refractivity contribution >= 4 is 22.1 Å². The fourth-order valence-electron chi connectivity index (χ4n) is 2.15. The molecule has 0 bridgehead atoms. The van der Waals surface area contributed by atoms with E-state index in [9.17, 15) is 8.76 Å². The van der Waals surface area contributed by atoms with Gasteiger partial charge in [-0.15, -0.1) is 0 Å². The monoisotopic (exact) mass is 272 g/mol. The molecule has 5 heteroatoms. The van der Waals surface area contributed by atoms with Crippen LogP contribution in [0.2, 0.25) is 0 Å². The largest absolute Gasteiger partial charge is 0.740 e. The van der Waals surface area contributed by atoms with E-state index in [0.29, 0.717) is 5.75 Å². The number of nitrogens with one attached hydrogen (secondary N) is 1. The number of hydrogen-bond donors (Lipinski definition) is 1. The fraction of sp³-hybridized carbons (Fsp3) is 0. The Morgan fingerprint density at radius 1 is 1.00 bits per heavy atom. The van der Waals surface area contributed by atoms with Crippen LogP contribution in [0.1, 0.15) is 0 Å². The summed E-state index contributed by atoms with van der Waals surface area (Å²) in [7, 11) is 0. The molecule has 0 fully saturated rings. The van der Waals surface area contributed by atoms with Crippen molar-refractivity contribution in [3.8, 4) is 17.0 Å². The maximum atomic E-state index is 10.7. The predicted octanol–water partition coefficient (Wildman–Crippen LogP) is 3.01. The first-order valence-corrected chi connectivity index (χ1v) is 6.69. The Kier molecular flexibility index (Phi) is 3.06. The molecule has 0 amide bonds. The molecule has 0 saturated carbocycles. The highest BCUT2D eigenvalue weighted by Crippen LogP contribution is 2.33. The lowest BCUT2D eigenvalue weighted by molar-refractivity contribution is 0.442. The van der Waals surface area contributed by atoms with E-state index in [1.165, 1.54) is 0 Å². The number of benzene rings is 2. The summed E-state index contributed by atoms with van der Waals surface area (Å²) in [5.41, 5.74) is 1.98. The van der Waals surface area contributed by atoms with E-state index in [1.54, 1.807) is 6.07 Å². The number of fused-ring (bicyclic) bond motifs is 1. The molecule has 96 valence electrons. The Labute approximate surface area is 112 Å². The van der Waals surface area contributed by atoms with Crippen LogP contribution in [0.4, 0.5) is 0 Å². The van der Waals surface area contributed by atoms with Crippen LogP contribution in [0.15, 0.2) is 54.7 Å². The van der Waals surface area contributed by atoms with E-state index < -0.39 is 11.4 Å². The molecule has 0 spiro atoms. The molecule has 0 radical (unpaired) electrons. The summed E-state index contributed by atoms with van der Waals surface area (Å²) in [6.07, 6.45) is 1.85. The van der Waals surface area contributed by atoms with Crippen LogP contribution < -0.4 is 4.18 Å². The molecule has 1 atom stereocenters. The van der Waals surface area contributed by atoms with Crippen molar-refractivity contribution in [3.05, 3.63) is 54.7 Å². The van der Waals surface area contributed by atoms with Gasteiger partial charge in [0.2, 0.25) is 0 Å². The average molecular weight is 272 g/mol.